The summed E-state index contributed by atoms with van der Waals surface area (Å²) in [5.74, 6) is 0.710. The molecule has 3 rings (SSSR count). The average Bonchev–Trinajstić information content (AvgIpc) is 2.85. The van der Waals surface area contributed by atoms with Gasteiger partial charge in [-0.2, -0.15) is 0 Å². The summed E-state index contributed by atoms with van der Waals surface area (Å²) >= 11 is 1.46. The van der Waals surface area contributed by atoms with Crippen LogP contribution in [0, 0.1) is 6.92 Å². The smallest absolute Gasteiger partial charge is 0.260 e. The SMILES string of the molecule is Cc1ccc(OCC(=O)N2CCc3nc(N)sc3C2)cc1. The van der Waals surface area contributed by atoms with E-state index in [4.69, 9.17) is 10.5 Å². The number of nitrogens with two attached hydrogens (primary N) is 1. The van der Waals surface area contributed by atoms with Gasteiger partial charge in [0.1, 0.15) is 5.75 Å². The lowest BCUT2D eigenvalue weighted by molar-refractivity contribution is -0.134. The van der Waals surface area contributed by atoms with Crippen LogP contribution in [0.3, 0.4) is 0 Å². The van der Waals surface area contributed by atoms with Crippen LogP contribution in [0.15, 0.2) is 24.3 Å². The molecule has 0 bridgehead atoms. The molecule has 1 aromatic carbocycles. The minimum atomic E-state index is -0.00630. The summed E-state index contributed by atoms with van der Waals surface area (Å²) in [6.07, 6.45) is 0.763. The first-order chi connectivity index (χ1) is 10.1. The maximum Gasteiger partial charge on any atom is 0.260 e. The molecule has 1 aliphatic rings. The summed E-state index contributed by atoms with van der Waals surface area (Å²) in [4.78, 5) is 19.4. The number of nitrogens with zero attached hydrogens (tertiary/aromatic N) is 2. The molecule has 0 spiro atoms. The number of aryl methyl sites for hydroxylation is 1. The Balaban J connectivity index is 1.58. The second-order valence-corrected chi connectivity index (χ2v) is 6.20. The molecule has 0 saturated heterocycles. The van der Waals surface area contributed by atoms with E-state index in [1.807, 2.05) is 31.2 Å². The maximum absolute atomic E-state index is 12.2. The van der Waals surface area contributed by atoms with Gasteiger partial charge >= 0.3 is 0 Å². The third-order valence-corrected chi connectivity index (χ3v) is 4.40. The van der Waals surface area contributed by atoms with Crippen LogP contribution in [0.4, 0.5) is 5.13 Å². The monoisotopic (exact) mass is 303 g/mol. The molecule has 0 atom stereocenters. The predicted octanol–water partition coefficient (Wildman–Crippen LogP) is 2.00. The molecule has 1 aliphatic heterocycles. The van der Waals surface area contributed by atoms with Gasteiger partial charge in [-0.05, 0) is 19.1 Å². The summed E-state index contributed by atoms with van der Waals surface area (Å²) in [5, 5.41) is 0.574. The Morgan fingerprint density at radius 2 is 2.19 bits per heavy atom. The fourth-order valence-electron chi connectivity index (χ4n) is 2.30. The molecular weight excluding hydrogens is 286 g/mol. The average molecular weight is 303 g/mol. The number of fused-ring (bicyclic) bond motifs is 1. The first-order valence-electron chi connectivity index (χ1n) is 6.83. The number of carbonyl (C=O) groups excluding carboxylic acids is 1. The highest BCUT2D eigenvalue weighted by Gasteiger charge is 2.23. The number of carbonyl (C=O) groups is 1. The maximum atomic E-state index is 12.2. The van der Waals surface area contributed by atoms with E-state index < -0.39 is 0 Å². The highest BCUT2D eigenvalue weighted by molar-refractivity contribution is 7.15. The van der Waals surface area contributed by atoms with E-state index in [1.54, 1.807) is 4.90 Å². The Morgan fingerprint density at radius 1 is 1.43 bits per heavy atom. The number of thiazole rings is 1. The van der Waals surface area contributed by atoms with Crippen molar-refractivity contribution in [2.45, 2.75) is 19.9 Å². The quantitative estimate of drug-likeness (QED) is 0.941. The molecule has 1 aromatic heterocycles. The summed E-state index contributed by atoms with van der Waals surface area (Å²) in [6.45, 7) is 3.33. The van der Waals surface area contributed by atoms with E-state index in [0.29, 0.717) is 24.0 Å². The van der Waals surface area contributed by atoms with E-state index in [-0.39, 0.29) is 12.5 Å². The van der Waals surface area contributed by atoms with Gasteiger partial charge in [-0.25, -0.2) is 4.98 Å². The first-order valence-corrected chi connectivity index (χ1v) is 7.65. The second kappa shape index (κ2) is 5.73. The standard InChI is InChI=1S/C15H17N3O2S/c1-10-2-4-11(5-3-10)20-9-14(19)18-7-6-12-13(8-18)21-15(16)17-12/h2-5H,6-9H2,1H3,(H2,16,17). The van der Waals surface area contributed by atoms with Gasteiger partial charge in [-0.15, -0.1) is 11.3 Å². The third-order valence-electron chi connectivity index (χ3n) is 3.48. The summed E-state index contributed by atoms with van der Waals surface area (Å²) in [6, 6.07) is 7.68. The summed E-state index contributed by atoms with van der Waals surface area (Å²) in [7, 11) is 0. The number of benzene rings is 1. The van der Waals surface area contributed by atoms with Crippen LogP contribution in [0.25, 0.3) is 0 Å². The van der Waals surface area contributed by atoms with Gasteiger partial charge < -0.3 is 15.4 Å². The molecule has 0 radical (unpaired) electrons. The molecular formula is C15H17N3O2S. The van der Waals surface area contributed by atoms with Gasteiger partial charge in [-0.1, -0.05) is 17.7 Å². The molecule has 6 heteroatoms. The molecule has 0 saturated carbocycles. The van der Waals surface area contributed by atoms with Crippen molar-refractivity contribution in [1.29, 1.82) is 0 Å². The Labute approximate surface area is 127 Å². The van der Waals surface area contributed by atoms with Crippen LogP contribution in [-0.4, -0.2) is 28.9 Å². The number of hydrogen-bond acceptors (Lipinski definition) is 5. The molecule has 110 valence electrons. The molecule has 5 nitrogen and oxygen atoms in total. The molecule has 1 amide bonds. The molecule has 2 heterocycles. The Bertz CT molecular complexity index is 651. The number of anilines is 1. The zero-order valence-electron chi connectivity index (χ0n) is 11.8. The van der Waals surface area contributed by atoms with Gasteiger partial charge in [0, 0.05) is 17.8 Å². The van der Waals surface area contributed by atoms with E-state index in [1.165, 1.54) is 16.9 Å². The van der Waals surface area contributed by atoms with Gasteiger partial charge in [0.15, 0.2) is 11.7 Å². The molecule has 0 unspecified atom stereocenters. The zero-order chi connectivity index (χ0) is 14.8. The van der Waals surface area contributed by atoms with Gasteiger partial charge in [0.25, 0.3) is 5.91 Å². The second-order valence-electron chi connectivity index (χ2n) is 5.09. The number of ether oxygens (including phenoxy) is 1. The van der Waals surface area contributed by atoms with Crippen molar-refractivity contribution < 1.29 is 9.53 Å². The summed E-state index contributed by atoms with van der Waals surface area (Å²) in [5.41, 5.74) is 7.90. The van der Waals surface area contributed by atoms with Crippen LogP contribution in [0.5, 0.6) is 5.75 Å². The van der Waals surface area contributed by atoms with Gasteiger partial charge in [-0.3, -0.25) is 4.79 Å². The highest BCUT2D eigenvalue weighted by atomic mass is 32.1. The van der Waals surface area contributed by atoms with Crippen molar-refractivity contribution >= 4 is 22.4 Å². The van der Waals surface area contributed by atoms with Crippen molar-refractivity contribution in [2.24, 2.45) is 0 Å². The molecule has 0 aliphatic carbocycles. The minimum absolute atomic E-state index is 0.00630. The number of amides is 1. The van der Waals surface area contributed by atoms with Crippen LogP contribution in [0.2, 0.25) is 0 Å². The van der Waals surface area contributed by atoms with E-state index in [9.17, 15) is 4.79 Å². The van der Waals surface area contributed by atoms with Crippen LogP contribution < -0.4 is 10.5 Å². The van der Waals surface area contributed by atoms with Crippen LogP contribution in [0.1, 0.15) is 16.1 Å². The number of aromatic nitrogens is 1. The van der Waals surface area contributed by atoms with E-state index in [2.05, 4.69) is 4.98 Å². The topological polar surface area (TPSA) is 68.5 Å². The lowest BCUT2D eigenvalue weighted by Crippen LogP contribution is -2.38. The minimum Gasteiger partial charge on any atom is -0.484 e. The Kier molecular flexibility index (Phi) is 3.79. The Morgan fingerprint density at radius 3 is 2.95 bits per heavy atom. The van der Waals surface area contributed by atoms with Crippen molar-refractivity contribution in [2.75, 3.05) is 18.9 Å². The van der Waals surface area contributed by atoms with E-state index in [0.717, 1.165) is 17.0 Å². The fourth-order valence-corrected chi connectivity index (χ4v) is 3.19. The van der Waals surface area contributed by atoms with Gasteiger partial charge in [0.2, 0.25) is 0 Å². The normalized spacial score (nSPS) is 13.9. The van der Waals surface area contributed by atoms with Crippen LogP contribution >= 0.6 is 11.3 Å². The molecule has 2 aromatic rings. The van der Waals surface area contributed by atoms with Crippen LogP contribution in [-0.2, 0) is 17.8 Å². The first kappa shape index (κ1) is 13.9. The largest absolute Gasteiger partial charge is 0.484 e. The number of nitrogen functional groups attached to an aromatic ring is 1. The molecule has 21 heavy (non-hydrogen) atoms. The number of hydrogen-bond donors (Lipinski definition) is 1. The van der Waals surface area contributed by atoms with Crippen molar-refractivity contribution in [3.8, 4) is 5.75 Å². The summed E-state index contributed by atoms with van der Waals surface area (Å²) < 4.78 is 5.54. The molecule has 0 fully saturated rings. The zero-order valence-corrected chi connectivity index (χ0v) is 12.7. The van der Waals surface area contributed by atoms with Gasteiger partial charge in [0.05, 0.1) is 12.2 Å². The van der Waals surface area contributed by atoms with E-state index >= 15 is 0 Å². The van der Waals surface area contributed by atoms with Crippen molar-refractivity contribution in [3.05, 3.63) is 40.4 Å². The fraction of sp³-hybridized carbons (Fsp3) is 0.333. The third kappa shape index (κ3) is 3.16. The Hall–Kier alpha value is -2.08. The lowest BCUT2D eigenvalue weighted by Gasteiger charge is -2.26. The highest BCUT2D eigenvalue weighted by Crippen LogP contribution is 2.26. The predicted molar refractivity (Wildman–Crippen MR) is 82.3 cm³/mol. The number of rotatable bonds is 3. The molecule has 2 N–H and O–H groups in total. The van der Waals surface area contributed by atoms with Crippen molar-refractivity contribution in [1.82, 2.24) is 9.88 Å². The van der Waals surface area contributed by atoms with Crippen molar-refractivity contribution in [3.63, 3.8) is 0 Å². The lowest BCUT2D eigenvalue weighted by atomic mass is 10.2.